The average molecular weight is 295 g/mol. The van der Waals surface area contributed by atoms with E-state index in [1.807, 2.05) is 14.0 Å². The summed E-state index contributed by atoms with van der Waals surface area (Å²) in [4.78, 5) is 2.16. The first-order valence-electron chi connectivity index (χ1n) is 7.74. The molecule has 0 aliphatic carbocycles. The van der Waals surface area contributed by atoms with Crippen LogP contribution < -0.4 is 5.32 Å². The molecule has 116 valence electrons. The first-order chi connectivity index (χ1) is 10.4. The maximum atomic E-state index is 9.65. The third kappa shape index (κ3) is 2.80. The molecular formula is C19H25N3. The van der Waals surface area contributed by atoms with Gasteiger partial charge in [0.1, 0.15) is 6.07 Å². The number of nitrogens with zero attached hydrogens (tertiary/aromatic N) is 2. The number of allylic oxidation sites excluding steroid dienone is 5. The summed E-state index contributed by atoms with van der Waals surface area (Å²) in [5.74, 6) is 0.556. The summed E-state index contributed by atoms with van der Waals surface area (Å²) < 4.78 is 0. The highest BCUT2D eigenvalue weighted by atomic mass is 15.2. The second-order valence-electron chi connectivity index (χ2n) is 6.30. The predicted octanol–water partition coefficient (Wildman–Crippen LogP) is 3.67. The molecular weight excluding hydrogens is 270 g/mol. The van der Waals surface area contributed by atoms with E-state index in [0.29, 0.717) is 17.5 Å². The molecule has 0 radical (unpaired) electrons. The molecule has 2 aliphatic heterocycles. The number of rotatable bonds is 2. The largest absolute Gasteiger partial charge is 0.344 e. The first kappa shape index (κ1) is 16.3. The van der Waals surface area contributed by atoms with Crippen LogP contribution in [0.4, 0.5) is 0 Å². The van der Waals surface area contributed by atoms with Crippen LogP contribution in [0.3, 0.4) is 0 Å². The topological polar surface area (TPSA) is 39.1 Å². The summed E-state index contributed by atoms with van der Waals surface area (Å²) in [5, 5.41) is 13.1. The van der Waals surface area contributed by atoms with Crippen molar-refractivity contribution in [1.82, 2.24) is 10.2 Å². The molecule has 0 aromatic carbocycles. The van der Waals surface area contributed by atoms with Gasteiger partial charge in [-0.15, -0.1) is 0 Å². The summed E-state index contributed by atoms with van der Waals surface area (Å²) >= 11 is 0. The lowest BCUT2D eigenvalue weighted by atomic mass is 9.84. The van der Waals surface area contributed by atoms with Gasteiger partial charge in [-0.3, -0.25) is 0 Å². The minimum absolute atomic E-state index is 0.372. The number of nitriles is 1. The van der Waals surface area contributed by atoms with Crippen LogP contribution in [0.15, 0.2) is 59.5 Å². The van der Waals surface area contributed by atoms with E-state index in [1.54, 1.807) is 0 Å². The Morgan fingerprint density at radius 3 is 2.68 bits per heavy atom. The van der Waals surface area contributed by atoms with Crippen molar-refractivity contribution in [2.75, 3.05) is 13.6 Å². The highest BCUT2D eigenvalue weighted by molar-refractivity contribution is 5.64. The van der Waals surface area contributed by atoms with Gasteiger partial charge in [-0.05, 0) is 49.5 Å². The number of hydrogen-bond acceptors (Lipinski definition) is 3. The van der Waals surface area contributed by atoms with Gasteiger partial charge in [-0.2, -0.15) is 5.26 Å². The van der Waals surface area contributed by atoms with Crippen LogP contribution >= 0.6 is 0 Å². The molecule has 2 atom stereocenters. The normalized spacial score (nSPS) is 25.9. The standard InChI is InChI=1S/C19H25N3/c1-12(2)17-10-22-11-18(21-6)13(3)7-8-14(4)19(22)16(9-20)15(17)5/h10,13,18,21H,1,4-5,7-8,11H2,2-3,6H3. The van der Waals surface area contributed by atoms with E-state index in [4.69, 9.17) is 0 Å². The molecule has 0 spiro atoms. The van der Waals surface area contributed by atoms with Gasteiger partial charge < -0.3 is 10.2 Å². The zero-order valence-corrected chi connectivity index (χ0v) is 13.9. The van der Waals surface area contributed by atoms with Crippen LogP contribution in [0.5, 0.6) is 0 Å². The zero-order valence-electron chi connectivity index (χ0n) is 13.9. The third-order valence-corrected chi connectivity index (χ3v) is 4.69. The number of hydrogen-bond donors (Lipinski definition) is 1. The van der Waals surface area contributed by atoms with Crippen molar-refractivity contribution in [2.24, 2.45) is 5.92 Å². The van der Waals surface area contributed by atoms with Gasteiger partial charge in [-0.25, -0.2) is 0 Å². The Kier molecular flexibility index (Phi) is 4.73. The van der Waals surface area contributed by atoms with E-state index >= 15 is 0 Å². The Morgan fingerprint density at radius 1 is 1.45 bits per heavy atom. The second-order valence-corrected chi connectivity index (χ2v) is 6.30. The molecule has 0 aromatic rings. The Labute approximate surface area is 134 Å². The summed E-state index contributed by atoms with van der Waals surface area (Å²) in [5.41, 5.74) is 5.24. The summed E-state index contributed by atoms with van der Waals surface area (Å²) in [7, 11) is 2.00. The fourth-order valence-electron chi connectivity index (χ4n) is 3.22. The number of likely N-dealkylation sites (N-methyl/N-ethyl adjacent to an activating group) is 1. The monoisotopic (exact) mass is 295 g/mol. The van der Waals surface area contributed by atoms with Gasteiger partial charge in [0.15, 0.2) is 0 Å². The van der Waals surface area contributed by atoms with Gasteiger partial charge >= 0.3 is 0 Å². The first-order valence-corrected chi connectivity index (χ1v) is 7.74. The molecule has 22 heavy (non-hydrogen) atoms. The smallest absolute Gasteiger partial charge is 0.102 e. The van der Waals surface area contributed by atoms with Crippen LogP contribution in [0.25, 0.3) is 0 Å². The minimum atomic E-state index is 0.372. The lowest BCUT2D eigenvalue weighted by Crippen LogP contribution is -2.44. The van der Waals surface area contributed by atoms with Crippen molar-refractivity contribution in [3.8, 4) is 6.07 Å². The predicted molar refractivity (Wildman–Crippen MR) is 91.8 cm³/mol. The van der Waals surface area contributed by atoms with Gasteiger partial charge in [0, 0.05) is 24.4 Å². The van der Waals surface area contributed by atoms with Crippen LogP contribution in [0.2, 0.25) is 0 Å². The molecule has 3 nitrogen and oxygen atoms in total. The van der Waals surface area contributed by atoms with Gasteiger partial charge in [-0.1, -0.05) is 26.7 Å². The van der Waals surface area contributed by atoms with Gasteiger partial charge in [0.2, 0.25) is 0 Å². The summed E-state index contributed by atoms with van der Waals surface area (Å²) in [6.45, 7) is 17.4. The van der Waals surface area contributed by atoms with Crippen molar-refractivity contribution >= 4 is 0 Å². The second kappa shape index (κ2) is 6.37. The molecule has 2 heterocycles. The van der Waals surface area contributed by atoms with E-state index < -0.39 is 0 Å². The molecule has 2 unspecified atom stereocenters. The summed E-state index contributed by atoms with van der Waals surface area (Å²) in [6, 6.07) is 2.71. The third-order valence-electron chi connectivity index (χ3n) is 4.69. The molecule has 0 aromatic heterocycles. The van der Waals surface area contributed by atoms with Crippen molar-refractivity contribution in [2.45, 2.75) is 32.7 Å². The van der Waals surface area contributed by atoms with E-state index in [1.165, 1.54) is 0 Å². The van der Waals surface area contributed by atoms with Crippen LogP contribution in [-0.4, -0.2) is 24.5 Å². The molecule has 0 saturated carbocycles. The van der Waals surface area contributed by atoms with Crippen LogP contribution in [-0.2, 0) is 0 Å². The van der Waals surface area contributed by atoms with Crippen LogP contribution in [0, 0.1) is 17.2 Å². The fourth-order valence-corrected chi connectivity index (χ4v) is 3.22. The molecule has 2 aliphatic rings. The maximum absolute atomic E-state index is 9.65. The summed E-state index contributed by atoms with van der Waals surface area (Å²) in [6.07, 6.45) is 4.05. The Morgan fingerprint density at radius 2 is 2.14 bits per heavy atom. The van der Waals surface area contributed by atoms with Crippen molar-refractivity contribution < 1.29 is 0 Å². The number of nitrogens with one attached hydrogen (secondary N) is 1. The van der Waals surface area contributed by atoms with Crippen molar-refractivity contribution in [3.63, 3.8) is 0 Å². The zero-order chi connectivity index (χ0) is 16.4. The quantitative estimate of drug-likeness (QED) is 0.845. The minimum Gasteiger partial charge on any atom is -0.344 e. The molecule has 3 heteroatoms. The molecule has 0 amide bonds. The fraction of sp³-hybridized carbons (Fsp3) is 0.421. The Bertz CT molecular complexity index is 628. The highest BCUT2D eigenvalue weighted by Gasteiger charge is 2.30. The van der Waals surface area contributed by atoms with E-state index in [2.05, 4.69) is 49.1 Å². The Hall–Kier alpha value is -2.05. The van der Waals surface area contributed by atoms with Crippen molar-refractivity contribution in [1.29, 1.82) is 5.26 Å². The molecule has 1 fully saturated rings. The Balaban J connectivity index is 2.55. The SMILES string of the molecule is C=C(C)C1=CN2CC(NC)C(C)CCC(=C)C2=C(C#N)C1=C. The van der Waals surface area contributed by atoms with Gasteiger partial charge in [0.05, 0.1) is 11.3 Å². The highest BCUT2D eigenvalue weighted by Crippen LogP contribution is 2.38. The van der Waals surface area contributed by atoms with Crippen LogP contribution in [0.1, 0.15) is 26.7 Å². The van der Waals surface area contributed by atoms with E-state index in [-0.39, 0.29) is 0 Å². The van der Waals surface area contributed by atoms with E-state index in [9.17, 15) is 5.26 Å². The maximum Gasteiger partial charge on any atom is 0.102 e. The van der Waals surface area contributed by atoms with E-state index in [0.717, 1.165) is 47.4 Å². The molecule has 1 N–H and O–H groups in total. The number of fused-ring (bicyclic) bond motifs is 1. The lowest BCUT2D eigenvalue weighted by molar-refractivity contribution is 0.288. The van der Waals surface area contributed by atoms with Crippen molar-refractivity contribution in [3.05, 3.63) is 59.5 Å². The molecule has 1 saturated heterocycles. The molecule has 0 bridgehead atoms. The molecule has 2 rings (SSSR count). The van der Waals surface area contributed by atoms with Gasteiger partial charge in [0.25, 0.3) is 0 Å². The average Bonchev–Trinajstić information content (AvgIpc) is 2.48. The lowest BCUT2D eigenvalue weighted by Gasteiger charge is -2.39.